The second-order valence-corrected chi connectivity index (χ2v) is 7.23. The molecule has 2 aromatic carbocycles. The van der Waals surface area contributed by atoms with E-state index in [0.717, 1.165) is 16.9 Å². The standard InChI is InChI=1S/C22H25N3O3/c1-4-16-10-12-17(13-11-16)14-24(3)19(26)15-25-20(27)22(2,23-21(25)28)18-8-6-5-7-9-18/h5-13H,4,14-15H2,1-3H3,(H,23,28). The lowest BCUT2D eigenvalue weighted by molar-refractivity contribution is -0.138. The van der Waals surface area contributed by atoms with Crippen molar-refractivity contribution in [3.63, 3.8) is 0 Å². The summed E-state index contributed by atoms with van der Waals surface area (Å²) in [5.74, 6) is -0.710. The van der Waals surface area contributed by atoms with Crippen molar-refractivity contribution in [3.05, 3.63) is 71.3 Å². The van der Waals surface area contributed by atoms with Gasteiger partial charge in [0.2, 0.25) is 5.91 Å². The van der Waals surface area contributed by atoms with Crippen molar-refractivity contribution in [2.45, 2.75) is 32.4 Å². The van der Waals surface area contributed by atoms with Crippen molar-refractivity contribution in [2.75, 3.05) is 13.6 Å². The van der Waals surface area contributed by atoms with Gasteiger partial charge in [0.25, 0.3) is 5.91 Å². The van der Waals surface area contributed by atoms with Gasteiger partial charge in [-0.1, -0.05) is 61.5 Å². The van der Waals surface area contributed by atoms with E-state index in [4.69, 9.17) is 0 Å². The first kappa shape index (κ1) is 19.6. The largest absolute Gasteiger partial charge is 0.340 e. The first-order valence-corrected chi connectivity index (χ1v) is 9.36. The zero-order valence-electron chi connectivity index (χ0n) is 16.4. The summed E-state index contributed by atoms with van der Waals surface area (Å²) in [5.41, 5.74) is 1.76. The highest BCUT2D eigenvalue weighted by Crippen LogP contribution is 2.28. The van der Waals surface area contributed by atoms with Crippen LogP contribution in [0.5, 0.6) is 0 Å². The highest BCUT2D eigenvalue weighted by atomic mass is 16.2. The third-order valence-corrected chi connectivity index (χ3v) is 5.20. The van der Waals surface area contributed by atoms with Crippen LogP contribution >= 0.6 is 0 Å². The summed E-state index contributed by atoms with van der Waals surface area (Å²) in [6, 6.07) is 16.5. The topological polar surface area (TPSA) is 69.7 Å². The molecule has 0 aromatic heterocycles. The fourth-order valence-electron chi connectivity index (χ4n) is 3.31. The molecule has 146 valence electrons. The maximum absolute atomic E-state index is 12.9. The lowest BCUT2D eigenvalue weighted by atomic mass is 9.92. The van der Waals surface area contributed by atoms with E-state index in [9.17, 15) is 14.4 Å². The van der Waals surface area contributed by atoms with E-state index in [2.05, 4.69) is 12.2 Å². The predicted molar refractivity (Wildman–Crippen MR) is 106 cm³/mol. The third-order valence-electron chi connectivity index (χ3n) is 5.20. The number of hydrogen-bond donors (Lipinski definition) is 1. The van der Waals surface area contributed by atoms with Gasteiger partial charge < -0.3 is 10.2 Å². The maximum Gasteiger partial charge on any atom is 0.325 e. The van der Waals surface area contributed by atoms with E-state index in [1.165, 1.54) is 10.5 Å². The monoisotopic (exact) mass is 379 g/mol. The Kier molecular flexibility index (Phi) is 5.49. The molecule has 28 heavy (non-hydrogen) atoms. The number of likely N-dealkylation sites (N-methyl/N-ethyl adjacent to an activating group) is 1. The molecular weight excluding hydrogens is 354 g/mol. The van der Waals surface area contributed by atoms with Gasteiger partial charge in [-0.05, 0) is 30.0 Å². The number of benzene rings is 2. The van der Waals surface area contributed by atoms with Crippen molar-refractivity contribution in [1.29, 1.82) is 0 Å². The molecule has 0 spiro atoms. The second-order valence-electron chi connectivity index (χ2n) is 7.23. The van der Waals surface area contributed by atoms with Crippen molar-refractivity contribution in [1.82, 2.24) is 15.1 Å². The van der Waals surface area contributed by atoms with Crippen molar-refractivity contribution in [2.24, 2.45) is 0 Å². The van der Waals surface area contributed by atoms with Crippen LogP contribution in [0.15, 0.2) is 54.6 Å². The van der Waals surface area contributed by atoms with Crippen LogP contribution in [0.3, 0.4) is 0 Å². The molecule has 1 saturated heterocycles. The Labute approximate surface area is 165 Å². The molecule has 2 aromatic rings. The fourth-order valence-corrected chi connectivity index (χ4v) is 3.31. The molecule has 1 heterocycles. The summed E-state index contributed by atoms with van der Waals surface area (Å²) in [4.78, 5) is 40.4. The number of nitrogens with zero attached hydrogens (tertiary/aromatic N) is 2. The third kappa shape index (κ3) is 3.76. The Morgan fingerprint density at radius 1 is 1.04 bits per heavy atom. The fraction of sp³-hybridized carbons (Fsp3) is 0.318. The number of nitrogens with one attached hydrogen (secondary N) is 1. The van der Waals surface area contributed by atoms with Crippen LogP contribution in [0.25, 0.3) is 0 Å². The number of aryl methyl sites for hydroxylation is 1. The number of rotatable bonds is 6. The number of imide groups is 1. The van der Waals surface area contributed by atoms with Gasteiger partial charge in [-0.2, -0.15) is 0 Å². The molecule has 1 aliphatic heterocycles. The van der Waals surface area contributed by atoms with Crippen LogP contribution < -0.4 is 5.32 Å². The Hall–Kier alpha value is -3.15. The van der Waals surface area contributed by atoms with Crippen LogP contribution in [-0.2, 0) is 28.1 Å². The first-order valence-electron chi connectivity index (χ1n) is 9.36. The average Bonchev–Trinajstić information content (AvgIpc) is 2.93. The molecule has 1 atom stereocenters. The van der Waals surface area contributed by atoms with Crippen LogP contribution in [0.4, 0.5) is 4.79 Å². The van der Waals surface area contributed by atoms with Crippen LogP contribution in [0.2, 0.25) is 0 Å². The molecule has 4 amide bonds. The lowest BCUT2D eigenvalue weighted by Gasteiger charge is -2.23. The Morgan fingerprint density at radius 3 is 2.25 bits per heavy atom. The Bertz CT molecular complexity index is 880. The molecule has 0 radical (unpaired) electrons. The van der Waals surface area contributed by atoms with Crippen molar-refractivity contribution < 1.29 is 14.4 Å². The highest BCUT2D eigenvalue weighted by molar-refractivity contribution is 6.09. The van der Waals surface area contributed by atoms with Gasteiger partial charge in [0.15, 0.2) is 0 Å². The van der Waals surface area contributed by atoms with E-state index in [0.29, 0.717) is 12.1 Å². The van der Waals surface area contributed by atoms with E-state index in [1.807, 2.05) is 42.5 Å². The number of urea groups is 1. The zero-order chi connectivity index (χ0) is 20.3. The molecular formula is C22H25N3O3. The second kappa shape index (κ2) is 7.84. The minimum absolute atomic E-state index is 0.281. The molecule has 1 N–H and O–H groups in total. The summed E-state index contributed by atoms with van der Waals surface area (Å²) in [6.07, 6.45) is 0.960. The van der Waals surface area contributed by atoms with E-state index >= 15 is 0 Å². The molecule has 6 heteroatoms. The van der Waals surface area contributed by atoms with E-state index < -0.39 is 17.5 Å². The molecule has 1 fully saturated rings. The quantitative estimate of drug-likeness (QED) is 0.785. The first-order chi connectivity index (χ1) is 13.3. The molecule has 0 saturated carbocycles. The molecule has 6 nitrogen and oxygen atoms in total. The van der Waals surface area contributed by atoms with E-state index in [-0.39, 0.29) is 12.5 Å². The summed E-state index contributed by atoms with van der Waals surface area (Å²) in [5, 5.41) is 2.72. The van der Waals surface area contributed by atoms with Crippen LogP contribution in [0.1, 0.15) is 30.5 Å². The van der Waals surface area contributed by atoms with Crippen LogP contribution in [-0.4, -0.2) is 41.2 Å². The summed E-state index contributed by atoms with van der Waals surface area (Å²) in [7, 11) is 1.67. The number of amides is 4. The summed E-state index contributed by atoms with van der Waals surface area (Å²) in [6.45, 7) is 3.89. The van der Waals surface area contributed by atoms with Crippen molar-refractivity contribution >= 4 is 17.8 Å². The Balaban J connectivity index is 1.67. The number of carbonyl (C=O) groups excluding carboxylic acids is 3. The SMILES string of the molecule is CCc1ccc(CN(C)C(=O)CN2C(=O)NC(C)(c3ccccc3)C2=O)cc1. The maximum atomic E-state index is 12.9. The van der Waals surface area contributed by atoms with Crippen LogP contribution in [0, 0.1) is 0 Å². The predicted octanol–water partition coefficient (Wildman–Crippen LogP) is 2.67. The zero-order valence-corrected chi connectivity index (χ0v) is 16.4. The van der Waals surface area contributed by atoms with Gasteiger partial charge in [0.1, 0.15) is 12.1 Å². The average molecular weight is 379 g/mol. The number of hydrogen-bond acceptors (Lipinski definition) is 3. The molecule has 1 aliphatic rings. The summed E-state index contributed by atoms with van der Waals surface area (Å²) < 4.78 is 0. The highest BCUT2D eigenvalue weighted by Gasteiger charge is 2.49. The number of carbonyl (C=O) groups is 3. The van der Waals surface area contributed by atoms with Gasteiger partial charge >= 0.3 is 6.03 Å². The van der Waals surface area contributed by atoms with Gasteiger partial charge in [-0.25, -0.2) is 4.79 Å². The normalized spacial score (nSPS) is 18.9. The molecule has 3 rings (SSSR count). The van der Waals surface area contributed by atoms with Crippen molar-refractivity contribution in [3.8, 4) is 0 Å². The molecule has 1 unspecified atom stereocenters. The van der Waals surface area contributed by atoms with Gasteiger partial charge in [0, 0.05) is 13.6 Å². The van der Waals surface area contributed by atoms with E-state index in [1.54, 1.807) is 26.1 Å². The lowest BCUT2D eigenvalue weighted by Crippen LogP contribution is -2.43. The van der Waals surface area contributed by atoms with Gasteiger partial charge in [-0.15, -0.1) is 0 Å². The van der Waals surface area contributed by atoms with Gasteiger partial charge in [0.05, 0.1) is 0 Å². The summed E-state index contributed by atoms with van der Waals surface area (Å²) >= 11 is 0. The Morgan fingerprint density at radius 2 is 1.64 bits per heavy atom. The molecule has 0 aliphatic carbocycles. The minimum Gasteiger partial charge on any atom is -0.340 e. The van der Waals surface area contributed by atoms with Gasteiger partial charge in [-0.3, -0.25) is 14.5 Å². The minimum atomic E-state index is -1.16. The smallest absolute Gasteiger partial charge is 0.325 e. The molecule has 0 bridgehead atoms.